The van der Waals surface area contributed by atoms with Gasteiger partial charge in [0.2, 0.25) is 5.91 Å². The molecule has 0 aliphatic carbocycles. The summed E-state index contributed by atoms with van der Waals surface area (Å²) in [5.74, 6) is 0.262. The highest BCUT2D eigenvalue weighted by Crippen LogP contribution is 2.34. The van der Waals surface area contributed by atoms with Crippen LogP contribution in [-0.2, 0) is 9.59 Å². The molecule has 0 saturated heterocycles. The summed E-state index contributed by atoms with van der Waals surface area (Å²) in [6.07, 6.45) is 2.19. The van der Waals surface area contributed by atoms with Gasteiger partial charge in [0.15, 0.2) is 0 Å². The fourth-order valence-electron chi connectivity index (χ4n) is 2.83. The number of hydrogen-bond donors (Lipinski definition) is 0. The van der Waals surface area contributed by atoms with Crippen LogP contribution in [0.25, 0.3) is 0 Å². The highest BCUT2D eigenvalue weighted by atomic mass is 32.1. The summed E-state index contributed by atoms with van der Waals surface area (Å²) in [5.41, 5.74) is 0.864. The van der Waals surface area contributed by atoms with E-state index in [-0.39, 0.29) is 30.3 Å². The zero-order valence-electron chi connectivity index (χ0n) is 14.5. The lowest BCUT2D eigenvalue weighted by Crippen LogP contribution is -2.40. The van der Waals surface area contributed by atoms with Crippen molar-refractivity contribution < 1.29 is 14.0 Å². The van der Waals surface area contributed by atoms with Gasteiger partial charge in [-0.3, -0.25) is 9.59 Å². The Morgan fingerprint density at radius 3 is 2.80 bits per heavy atom. The first-order valence-electron chi connectivity index (χ1n) is 8.19. The maximum atomic E-state index is 12.8. The lowest BCUT2D eigenvalue weighted by Gasteiger charge is -2.24. The van der Waals surface area contributed by atoms with Gasteiger partial charge in [0.05, 0.1) is 16.9 Å². The average molecular weight is 359 g/mol. The topological polar surface area (TPSA) is 66.1 Å². The van der Waals surface area contributed by atoms with Gasteiger partial charge in [-0.2, -0.15) is 5.10 Å². The summed E-state index contributed by atoms with van der Waals surface area (Å²) in [4.78, 5) is 27.3. The third-order valence-electron chi connectivity index (χ3n) is 4.09. The van der Waals surface area contributed by atoms with Gasteiger partial charge in [-0.25, -0.2) is 5.01 Å². The van der Waals surface area contributed by atoms with E-state index >= 15 is 0 Å². The van der Waals surface area contributed by atoms with Crippen LogP contribution in [0.4, 0.5) is 0 Å². The smallest absolute Gasteiger partial charge is 0.262 e. The van der Waals surface area contributed by atoms with Crippen LogP contribution in [0, 0.1) is 5.92 Å². The van der Waals surface area contributed by atoms with Crippen molar-refractivity contribution in [3.8, 4) is 0 Å². The molecule has 3 rings (SSSR count). The summed E-state index contributed by atoms with van der Waals surface area (Å²) in [5, 5.41) is 7.98. The molecule has 0 N–H and O–H groups in total. The summed E-state index contributed by atoms with van der Waals surface area (Å²) >= 11 is 1.59. The SMILES string of the molecule is CC(C)C(=O)N(C)CC(=O)N1N=C(c2cccs2)C[C@H]1c1ccco1. The van der Waals surface area contributed by atoms with Crippen molar-refractivity contribution in [2.24, 2.45) is 11.0 Å². The largest absolute Gasteiger partial charge is 0.467 e. The van der Waals surface area contributed by atoms with Gasteiger partial charge in [-0.15, -0.1) is 11.3 Å². The number of thiophene rings is 1. The molecule has 0 fully saturated rings. The molecular weight excluding hydrogens is 338 g/mol. The van der Waals surface area contributed by atoms with E-state index in [9.17, 15) is 9.59 Å². The number of carbonyl (C=O) groups is 2. The van der Waals surface area contributed by atoms with Crippen molar-refractivity contribution in [3.05, 3.63) is 46.5 Å². The molecule has 2 amide bonds. The molecule has 1 aliphatic heterocycles. The van der Waals surface area contributed by atoms with E-state index < -0.39 is 0 Å². The Balaban J connectivity index is 1.82. The third-order valence-corrected chi connectivity index (χ3v) is 5.00. The lowest BCUT2D eigenvalue weighted by molar-refractivity contribution is -0.142. The van der Waals surface area contributed by atoms with E-state index in [0.717, 1.165) is 10.6 Å². The van der Waals surface area contributed by atoms with Crippen molar-refractivity contribution >= 4 is 28.9 Å². The third kappa shape index (κ3) is 3.66. The van der Waals surface area contributed by atoms with Gasteiger partial charge in [0.1, 0.15) is 18.3 Å². The van der Waals surface area contributed by atoms with Crippen LogP contribution in [0.3, 0.4) is 0 Å². The van der Waals surface area contributed by atoms with Crippen LogP contribution < -0.4 is 0 Å². The average Bonchev–Trinajstić information content (AvgIpc) is 3.32. The van der Waals surface area contributed by atoms with Gasteiger partial charge in [-0.1, -0.05) is 19.9 Å². The Labute approximate surface area is 150 Å². The first kappa shape index (κ1) is 17.4. The molecule has 0 aromatic carbocycles. The summed E-state index contributed by atoms with van der Waals surface area (Å²) < 4.78 is 5.51. The lowest BCUT2D eigenvalue weighted by atomic mass is 10.1. The molecule has 7 heteroatoms. The summed E-state index contributed by atoms with van der Waals surface area (Å²) in [6.45, 7) is 3.63. The Morgan fingerprint density at radius 2 is 2.20 bits per heavy atom. The molecule has 3 heterocycles. The van der Waals surface area contributed by atoms with Crippen molar-refractivity contribution in [2.75, 3.05) is 13.6 Å². The standard InChI is InChI=1S/C18H21N3O3S/c1-12(2)18(23)20(3)11-17(22)21-14(15-6-4-8-24-15)10-13(19-21)16-7-5-9-25-16/h4-9,12,14H,10-11H2,1-3H3/t14-/m0/s1. The monoisotopic (exact) mass is 359 g/mol. The Morgan fingerprint density at radius 1 is 1.40 bits per heavy atom. The first-order valence-corrected chi connectivity index (χ1v) is 9.07. The van der Waals surface area contributed by atoms with E-state index in [4.69, 9.17) is 4.42 Å². The molecular formula is C18H21N3O3S. The van der Waals surface area contributed by atoms with Gasteiger partial charge < -0.3 is 9.32 Å². The molecule has 2 aromatic heterocycles. The number of hydrogen-bond acceptors (Lipinski definition) is 5. The van der Waals surface area contributed by atoms with Crippen LogP contribution in [0.15, 0.2) is 45.4 Å². The summed E-state index contributed by atoms with van der Waals surface area (Å²) in [7, 11) is 1.64. The fourth-order valence-corrected chi connectivity index (χ4v) is 3.55. The minimum Gasteiger partial charge on any atom is -0.467 e. The van der Waals surface area contributed by atoms with E-state index in [2.05, 4.69) is 5.10 Å². The molecule has 25 heavy (non-hydrogen) atoms. The molecule has 2 aromatic rings. The van der Waals surface area contributed by atoms with Crippen LogP contribution >= 0.6 is 11.3 Å². The zero-order chi connectivity index (χ0) is 18.0. The maximum absolute atomic E-state index is 12.8. The number of carbonyl (C=O) groups excluding carboxylic acids is 2. The maximum Gasteiger partial charge on any atom is 0.262 e. The molecule has 132 valence electrons. The first-order chi connectivity index (χ1) is 12.0. The predicted octanol–water partition coefficient (Wildman–Crippen LogP) is 3.13. The molecule has 6 nitrogen and oxygen atoms in total. The minimum atomic E-state index is -0.276. The fraction of sp³-hybridized carbons (Fsp3) is 0.389. The number of furan rings is 1. The van der Waals surface area contributed by atoms with Crippen molar-refractivity contribution in [1.82, 2.24) is 9.91 Å². The number of nitrogens with zero attached hydrogens (tertiary/aromatic N) is 3. The second-order valence-corrected chi connectivity index (χ2v) is 7.29. The molecule has 1 atom stereocenters. The highest BCUT2D eigenvalue weighted by molar-refractivity contribution is 7.12. The van der Waals surface area contributed by atoms with E-state index in [1.807, 2.05) is 37.4 Å². The number of likely N-dealkylation sites (N-methyl/N-ethyl adjacent to an activating group) is 1. The zero-order valence-corrected chi connectivity index (χ0v) is 15.3. The van der Waals surface area contributed by atoms with Crippen molar-refractivity contribution in [3.63, 3.8) is 0 Å². The van der Waals surface area contributed by atoms with E-state index in [0.29, 0.717) is 12.2 Å². The molecule has 0 unspecified atom stereocenters. The van der Waals surface area contributed by atoms with Gasteiger partial charge in [0.25, 0.3) is 5.91 Å². The molecule has 0 radical (unpaired) electrons. The molecule has 0 saturated carbocycles. The Kier molecular flexibility index (Phi) is 5.03. The van der Waals surface area contributed by atoms with Crippen LogP contribution in [0.2, 0.25) is 0 Å². The molecule has 0 spiro atoms. The Hall–Kier alpha value is -2.41. The highest BCUT2D eigenvalue weighted by Gasteiger charge is 2.35. The van der Waals surface area contributed by atoms with Gasteiger partial charge in [-0.05, 0) is 23.6 Å². The normalized spacial score (nSPS) is 17.0. The number of rotatable bonds is 5. The summed E-state index contributed by atoms with van der Waals surface area (Å²) in [6, 6.07) is 7.33. The second-order valence-electron chi connectivity index (χ2n) is 6.35. The molecule has 0 bridgehead atoms. The van der Waals surface area contributed by atoms with Crippen LogP contribution in [0.5, 0.6) is 0 Å². The molecule has 1 aliphatic rings. The Bertz CT molecular complexity index is 766. The van der Waals surface area contributed by atoms with E-state index in [1.54, 1.807) is 30.7 Å². The predicted molar refractivity (Wildman–Crippen MR) is 96.2 cm³/mol. The van der Waals surface area contributed by atoms with Crippen LogP contribution in [0.1, 0.15) is 36.9 Å². The number of hydrazone groups is 1. The second kappa shape index (κ2) is 7.23. The number of amides is 2. The minimum absolute atomic E-state index is 0.00452. The van der Waals surface area contributed by atoms with E-state index in [1.165, 1.54) is 9.91 Å². The quantitative estimate of drug-likeness (QED) is 0.824. The van der Waals surface area contributed by atoms with Crippen molar-refractivity contribution in [1.29, 1.82) is 0 Å². The van der Waals surface area contributed by atoms with Gasteiger partial charge in [0, 0.05) is 19.4 Å². The van der Waals surface area contributed by atoms with Gasteiger partial charge >= 0.3 is 0 Å². The van der Waals surface area contributed by atoms with Crippen LogP contribution in [-0.4, -0.2) is 41.0 Å². The van der Waals surface area contributed by atoms with Crippen molar-refractivity contribution in [2.45, 2.75) is 26.3 Å².